The molecule has 1 aromatic heterocycles. The first-order valence-corrected chi connectivity index (χ1v) is 5.78. The zero-order chi connectivity index (χ0) is 16.1. The van der Waals surface area contributed by atoms with E-state index in [9.17, 15) is 20.2 Å². The third-order valence-electron chi connectivity index (χ3n) is 2.54. The number of anilines is 2. The second kappa shape index (κ2) is 6.21. The molecule has 0 atom stereocenters. The van der Waals surface area contributed by atoms with Gasteiger partial charge in [0.05, 0.1) is 21.6 Å². The van der Waals surface area contributed by atoms with Crippen LogP contribution in [0.4, 0.5) is 23.0 Å². The molecule has 11 nitrogen and oxygen atoms in total. The van der Waals surface area contributed by atoms with Gasteiger partial charge >= 0.3 is 5.69 Å². The van der Waals surface area contributed by atoms with Crippen LogP contribution in [0.15, 0.2) is 35.7 Å². The summed E-state index contributed by atoms with van der Waals surface area (Å²) in [6, 6.07) is 5.90. The molecule has 0 amide bonds. The van der Waals surface area contributed by atoms with Crippen molar-refractivity contribution in [2.75, 3.05) is 11.2 Å². The second-order valence-electron chi connectivity index (χ2n) is 3.90. The quantitative estimate of drug-likeness (QED) is 0.474. The van der Waals surface area contributed by atoms with Gasteiger partial charge in [-0.05, 0) is 6.07 Å². The number of nitrogens with zero attached hydrogens (tertiary/aromatic N) is 5. The Balaban J connectivity index is 2.26. The van der Waals surface area contributed by atoms with E-state index in [-0.39, 0.29) is 22.9 Å². The molecule has 0 aliphatic carbocycles. The van der Waals surface area contributed by atoms with Gasteiger partial charge in [0.15, 0.2) is 0 Å². The van der Waals surface area contributed by atoms with E-state index in [2.05, 4.69) is 20.5 Å². The van der Waals surface area contributed by atoms with Crippen LogP contribution < -0.4 is 11.2 Å². The topological polar surface area (TPSA) is 162 Å². The molecule has 0 saturated carbocycles. The van der Waals surface area contributed by atoms with E-state index in [1.54, 1.807) is 6.07 Å². The minimum Gasteiger partial charge on any atom is -0.378 e. The van der Waals surface area contributed by atoms with Gasteiger partial charge in [-0.15, -0.1) is 0 Å². The van der Waals surface area contributed by atoms with Gasteiger partial charge in [0, 0.05) is 6.07 Å². The third-order valence-corrected chi connectivity index (χ3v) is 2.54. The van der Waals surface area contributed by atoms with E-state index >= 15 is 0 Å². The van der Waals surface area contributed by atoms with E-state index in [1.807, 2.05) is 0 Å². The van der Waals surface area contributed by atoms with Crippen LogP contribution >= 0.6 is 0 Å². The van der Waals surface area contributed by atoms with Crippen LogP contribution in [0.2, 0.25) is 0 Å². The minimum atomic E-state index is -0.752. The molecule has 112 valence electrons. The van der Waals surface area contributed by atoms with Crippen molar-refractivity contribution < 1.29 is 9.85 Å². The second-order valence-corrected chi connectivity index (χ2v) is 3.90. The fourth-order valence-corrected chi connectivity index (χ4v) is 1.58. The highest BCUT2D eigenvalue weighted by Crippen LogP contribution is 2.26. The number of nitrogens with two attached hydrogens (primary N) is 1. The summed E-state index contributed by atoms with van der Waals surface area (Å²) in [5.74, 6) is -0.532. The molecule has 0 aliphatic heterocycles. The maximum Gasteiger partial charge on any atom is 0.354 e. The summed E-state index contributed by atoms with van der Waals surface area (Å²) in [5, 5.41) is 25.4. The van der Waals surface area contributed by atoms with Crippen LogP contribution in [0.1, 0.15) is 5.56 Å². The first-order valence-electron chi connectivity index (χ1n) is 5.78. The number of nitro groups is 2. The monoisotopic (exact) mass is 303 g/mol. The van der Waals surface area contributed by atoms with E-state index < -0.39 is 15.5 Å². The fraction of sp³-hybridized carbons (Fsp3) is 0. The summed E-state index contributed by atoms with van der Waals surface area (Å²) in [4.78, 5) is 27.6. The molecule has 3 N–H and O–H groups in total. The third kappa shape index (κ3) is 3.09. The number of nitrogen functional groups attached to an aromatic ring is 1. The number of hydrogen-bond donors (Lipinski definition) is 2. The standard InChI is InChI=1S/C11H9N7O4/c12-10-9(18(21)22)11(14-6-13-10)16-15-5-7-3-1-2-4-8(7)17(19)20/h1-6H,(H3,12,13,14,16). The molecular weight excluding hydrogens is 294 g/mol. The Kier molecular flexibility index (Phi) is 4.17. The summed E-state index contributed by atoms with van der Waals surface area (Å²) in [7, 11) is 0. The molecule has 0 unspecified atom stereocenters. The molecule has 2 aromatic rings. The molecule has 0 radical (unpaired) electrons. The van der Waals surface area contributed by atoms with Crippen LogP contribution in [-0.4, -0.2) is 26.0 Å². The van der Waals surface area contributed by atoms with Crippen LogP contribution in [0.5, 0.6) is 0 Å². The first kappa shape index (κ1) is 14.8. The SMILES string of the molecule is Nc1ncnc(NN=Cc2ccccc2[N+](=O)[O-])c1[N+](=O)[O-]. The zero-order valence-electron chi connectivity index (χ0n) is 10.9. The summed E-state index contributed by atoms with van der Waals surface area (Å²) in [5.41, 5.74) is 7.27. The first-order chi connectivity index (χ1) is 10.5. The number of rotatable bonds is 5. The van der Waals surface area contributed by atoms with Crippen molar-refractivity contribution >= 4 is 29.2 Å². The molecule has 22 heavy (non-hydrogen) atoms. The number of aromatic nitrogens is 2. The Hall–Kier alpha value is -3.63. The van der Waals surface area contributed by atoms with Crippen molar-refractivity contribution in [3.8, 4) is 0 Å². The maximum absolute atomic E-state index is 10.9. The van der Waals surface area contributed by atoms with E-state index in [0.717, 1.165) is 12.5 Å². The highest BCUT2D eigenvalue weighted by molar-refractivity contribution is 5.85. The molecule has 0 bridgehead atoms. The Morgan fingerprint density at radius 1 is 1.18 bits per heavy atom. The average Bonchev–Trinajstić information content (AvgIpc) is 2.47. The van der Waals surface area contributed by atoms with Gasteiger partial charge in [0.25, 0.3) is 5.69 Å². The molecule has 0 saturated heterocycles. The molecular formula is C11H9N7O4. The van der Waals surface area contributed by atoms with Gasteiger partial charge in [-0.1, -0.05) is 12.1 Å². The number of nitro benzene ring substituents is 1. The molecule has 0 spiro atoms. The van der Waals surface area contributed by atoms with Gasteiger partial charge in [0.1, 0.15) is 6.33 Å². The molecule has 2 rings (SSSR count). The summed E-state index contributed by atoms with van der Waals surface area (Å²) < 4.78 is 0. The summed E-state index contributed by atoms with van der Waals surface area (Å²) in [6.07, 6.45) is 2.19. The molecule has 11 heteroatoms. The highest BCUT2D eigenvalue weighted by Gasteiger charge is 2.20. The van der Waals surface area contributed by atoms with Gasteiger partial charge in [0.2, 0.25) is 11.6 Å². The number of benzene rings is 1. The van der Waals surface area contributed by atoms with Crippen LogP contribution in [0.3, 0.4) is 0 Å². The lowest BCUT2D eigenvalue weighted by Crippen LogP contribution is -2.05. The van der Waals surface area contributed by atoms with Crippen molar-refractivity contribution in [1.82, 2.24) is 9.97 Å². The molecule has 1 heterocycles. The van der Waals surface area contributed by atoms with E-state index in [4.69, 9.17) is 5.73 Å². The van der Waals surface area contributed by atoms with Gasteiger partial charge in [-0.3, -0.25) is 25.7 Å². The minimum absolute atomic E-state index is 0.148. The Morgan fingerprint density at radius 3 is 2.59 bits per heavy atom. The van der Waals surface area contributed by atoms with Gasteiger partial charge in [-0.2, -0.15) is 5.10 Å². The summed E-state index contributed by atoms with van der Waals surface area (Å²) >= 11 is 0. The lowest BCUT2D eigenvalue weighted by molar-refractivity contribution is -0.385. The number of nitrogens with one attached hydrogen (secondary N) is 1. The predicted octanol–water partition coefficient (Wildman–Crippen LogP) is 1.32. The summed E-state index contributed by atoms with van der Waals surface area (Å²) in [6.45, 7) is 0. The number of hydrazone groups is 1. The largest absolute Gasteiger partial charge is 0.378 e. The molecule has 0 fully saturated rings. The Bertz CT molecular complexity index is 762. The zero-order valence-corrected chi connectivity index (χ0v) is 10.9. The lowest BCUT2D eigenvalue weighted by Gasteiger charge is -2.02. The average molecular weight is 303 g/mol. The van der Waals surface area contributed by atoms with Crippen LogP contribution in [0, 0.1) is 20.2 Å². The van der Waals surface area contributed by atoms with Crippen molar-refractivity contribution in [2.45, 2.75) is 0 Å². The number of hydrogen-bond acceptors (Lipinski definition) is 9. The van der Waals surface area contributed by atoms with Gasteiger partial charge < -0.3 is 5.73 Å². The molecule has 0 aliphatic rings. The van der Waals surface area contributed by atoms with Crippen molar-refractivity contribution in [3.63, 3.8) is 0 Å². The fourth-order valence-electron chi connectivity index (χ4n) is 1.58. The Labute approximate surface area is 122 Å². The molecule has 1 aromatic carbocycles. The van der Waals surface area contributed by atoms with Gasteiger partial charge in [-0.25, -0.2) is 9.97 Å². The Morgan fingerprint density at radius 2 is 1.91 bits per heavy atom. The van der Waals surface area contributed by atoms with Crippen molar-refractivity contribution in [2.24, 2.45) is 5.10 Å². The van der Waals surface area contributed by atoms with Crippen LogP contribution in [0.25, 0.3) is 0 Å². The smallest absolute Gasteiger partial charge is 0.354 e. The van der Waals surface area contributed by atoms with Crippen LogP contribution in [-0.2, 0) is 0 Å². The van der Waals surface area contributed by atoms with E-state index in [0.29, 0.717) is 0 Å². The maximum atomic E-state index is 10.9. The lowest BCUT2D eigenvalue weighted by atomic mass is 10.2. The predicted molar refractivity (Wildman–Crippen MR) is 77.4 cm³/mol. The van der Waals surface area contributed by atoms with E-state index in [1.165, 1.54) is 18.2 Å². The number of para-hydroxylation sites is 1. The highest BCUT2D eigenvalue weighted by atomic mass is 16.6. The van der Waals surface area contributed by atoms with Crippen molar-refractivity contribution in [1.29, 1.82) is 0 Å². The normalized spacial score (nSPS) is 10.5. The van der Waals surface area contributed by atoms with Crippen molar-refractivity contribution in [3.05, 3.63) is 56.4 Å².